The molecule has 0 spiro atoms. The van der Waals surface area contributed by atoms with Crippen LogP contribution in [0.1, 0.15) is 23.6 Å². The van der Waals surface area contributed by atoms with Crippen molar-refractivity contribution in [3.05, 3.63) is 60.7 Å². The Balaban J connectivity index is 0.00000280. The van der Waals surface area contributed by atoms with Crippen molar-refractivity contribution in [2.45, 2.75) is 19.0 Å². The molecule has 1 saturated heterocycles. The van der Waals surface area contributed by atoms with Gasteiger partial charge in [-0.05, 0) is 88.5 Å². The predicted octanol–water partition coefficient (Wildman–Crippen LogP) is 0.442. The number of nitrogens with one attached hydrogen (secondary N) is 1. The molecule has 0 radical (unpaired) electrons. The summed E-state index contributed by atoms with van der Waals surface area (Å²) >= 11 is 4.40. The maximum atomic E-state index is 12.2. The van der Waals surface area contributed by atoms with E-state index in [9.17, 15) is 5.11 Å². The first kappa shape index (κ1) is 24.8. The Bertz CT molecular complexity index is 748. The normalized spacial score (nSPS) is 18.0. The minimum Gasteiger partial charge on any atom is -0.872 e. The van der Waals surface area contributed by atoms with Crippen molar-refractivity contribution < 1.29 is 34.7 Å². The molecule has 7 heteroatoms. The van der Waals surface area contributed by atoms with Crippen LogP contribution in [0.5, 0.6) is 5.75 Å². The summed E-state index contributed by atoms with van der Waals surface area (Å²) in [6, 6.07) is 15.2. The van der Waals surface area contributed by atoms with Crippen LogP contribution in [0.15, 0.2) is 42.5 Å². The van der Waals surface area contributed by atoms with Gasteiger partial charge in [0.2, 0.25) is 0 Å². The summed E-state index contributed by atoms with van der Waals surface area (Å²) in [5, 5.41) is 15.7. The van der Waals surface area contributed by atoms with E-state index < -0.39 is 0 Å². The van der Waals surface area contributed by atoms with Gasteiger partial charge in [0.05, 0.1) is 0 Å². The standard InChI is InChI=1S/C21H27I2N3O.Na/c1-25-10-11-26(20(15-25)16-6-3-2-4-7-16)9-5-8-24-14-17-12-18(22)13-19(23)21(17)27;/h2-4,6-7,12-13,20,24,27H,5,8-11,14-15H2,1H3;/q;+1/p-1. The second kappa shape index (κ2) is 12.4. The summed E-state index contributed by atoms with van der Waals surface area (Å²) in [5.41, 5.74) is 2.27. The fourth-order valence-electron chi connectivity index (χ4n) is 3.59. The van der Waals surface area contributed by atoms with Gasteiger partial charge < -0.3 is 15.3 Å². The predicted molar refractivity (Wildman–Crippen MR) is 126 cm³/mol. The van der Waals surface area contributed by atoms with Gasteiger partial charge in [0, 0.05) is 45.9 Å². The number of nitrogens with zero attached hydrogens (tertiary/aromatic N) is 2. The van der Waals surface area contributed by atoms with Crippen molar-refractivity contribution in [2.75, 3.05) is 39.8 Å². The van der Waals surface area contributed by atoms with Crippen LogP contribution in [0, 0.1) is 7.14 Å². The molecule has 0 saturated carbocycles. The Morgan fingerprint density at radius 1 is 1.14 bits per heavy atom. The molecule has 28 heavy (non-hydrogen) atoms. The van der Waals surface area contributed by atoms with E-state index in [4.69, 9.17) is 0 Å². The second-order valence-corrected chi connectivity index (χ2v) is 9.54. The topological polar surface area (TPSA) is 41.6 Å². The summed E-state index contributed by atoms with van der Waals surface area (Å²) in [6.45, 7) is 5.96. The molecule has 1 heterocycles. The van der Waals surface area contributed by atoms with Crippen LogP contribution in [-0.2, 0) is 6.54 Å². The molecule has 0 amide bonds. The molecule has 0 aliphatic carbocycles. The van der Waals surface area contributed by atoms with Crippen molar-refractivity contribution in [3.63, 3.8) is 0 Å². The Morgan fingerprint density at radius 3 is 2.64 bits per heavy atom. The minimum atomic E-state index is 0. The number of likely N-dealkylation sites (N-methyl/N-ethyl adjacent to an activating group) is 1. The quantitative estimate of drug-likeness (QED) is 0.280. The largest absolute Gasteiger partial charge is 1.00 e. The minimum absolute atomic E-state index is 0. The summed E-state index contributed by atoms with van der Waals surface area (Å²) in [4.78, 5) is 5.02. The summed E-state index contributed by atoms with van der Waals surface area (Å²) < 4.78 is 1.93. The first-order valence-electron chi connectivity index (χ1n) is 9.38. The molecule has 2 aromatic rings. The van der Waals surface area contributed by atoms with Gasteiger partial charge in [0.25, 0.3) is 0 Å². The molecule has 146 valence electrons. The van der Waals surface area contributed by atoms with E-state index in [2.05, 4.69) is 97.7 Å². The zero-order chi connectivity index (χ0) is 19.2. The molecule has 4 nitrogen and oxygen atoms in total. The van der Waals surface area contributed by atoms with Gasteiger partial charge in [-0.3, -0.25) is 4.90 Å². The SMILES string of the molecule is CN1CCN(CCCNCc2cc(I)cc(I)c2[O-])C(c2ccccc2)C1.[Na+]. The Hall–Kier alpha value is 0.580. The number of hydrogen-bond donors (Lipinski definition) is 1. The zero-order valence-electron chi connectivity index (χ0n) is 16.6. The maximum Gasteiger partial charge on any atom is 1.00 e. The Labute approximate surface area is 218 Å². The van der Waals surface area contributed by atoms with E-state index in [-0.39, 0.29) is 35.3 Å². The van der Waals surface area contributed by atoms with Gasteiger partial charge in [-0.2, -0.15) is 0 Å². The van der Waals surface area contributed by atoms with E-state index in [0.717, 1.165) is 51.8 Å². The van der Waals surface area contributed by atoms with Crippen LogP contribution >= 0.6 is 45.2 Å². The molecule has 0 aromatic heterocycles. The maximum absolute atomic E-state index is 12.2. The molecule has 1 atom stereocenters. The Kier molecular flexibility index (Phi) is 11.0. The molecule has 1 aliphatic rings. The number of rotatable bonds is 7. The van der Waals surface area contributed by atoms with E-state index in [1.54, 1.807) is 0 Å². The van der Waals surface area contributed by atoms with E-state index in [1.165, 1.54) is 5.56 Å². The molecule has 1 unspecified atom stereocenters. The van der Waals surface area contributed by atoms with E-state index in [0.29, 0.717) is 12.6 Å². The van der Waals surface area contributed by atoms with Crippen LogP contribution in [0.4, 0.5) is 0 Å². The van der Waals surface area contributed by atoms with Crippen molar-refractivity contribution in [1.29, 1.82) is 0 Å². The number of hydrogen-bond acceptors (Lipinski definition) is 4. The molecule has 3 rings (SSSR count). The average molecular weight is 613 g/mol. The molecular weight excluding hydrogens is 587 g/mol. The fraction of sp³-hybridized carbons (Fsp3) is 0.429. The molecule has 1 N–H and O–H groups in total. The van der Waals surface area contributed by atoms with Gasteiger partial charge >= 0.3 is 29.6 Å². The molecule has 0 bridgehead atoms. The first-order chi connectivity index (χ1) is 13.0. The number of halogens is 2. The van der Waals surface area contributed by atoms with Crippen molar-refractivity contribution >= 4 is 45.2 Å². The number of benzene rings is 2. The summed E-state index contributed by atoms with van der Waals surface area (Å²) in [7, 11) is 2.21. The third kappa shape index (κ3) is 7.08. The molecular formula is C21H26I2N3NaO. The van der Waals surface area contributed by atoms with Gasteiger partial charge in [-0.1, -0.05) is 36.1 Å². The fourth-order valence-corrected chi connectivity index (χ4v) is 5.56. The third-order valence-electron chi connectivity index (χ3n) is 5.08. The van der Waals surface area contributed by atoms with Crippen LogP contribution < -0.4 is 40.0 Å². The summed E-state index contributed by atoms with van der Waals surface area (Å²) in [6.07, 6.45) is 1.09. The van der Waals surface area contributed by atoms with Crippen LogP contribution in [0.3, 0.4) is 0 Å². The average Bonchev–Trinajstić information content (AvgIpc) is 2.66. The van der Waals surface area contributed by atoms with E-state index in [1.807, 2.05) is 12.1 Å². The van der Waals surface area contributed by atoms with E-state index >= 15 is 0 Å². The third-order valence-corrected chi connectivity index (χ3v) is 6.50. The molecule has 1 aliphatic heterocycles. The van der Waals surface area contributed by atoms with Crippen molar-refractivity contribution in [2.24, 2.45) is 0 Å². The molecule has 1 fully saturated rings. The van der Waals surface area contributed by atoms with Crippen molar-refractivity contribution in [1.82, 2.24) is 15.1 Å². The summed E-state index contributed by atoms with van der Waals surface area (Å²) in [5.74, 6) is 0.159. The second-order valence-electron chi connectivity index (χ2n) is 7.13. The van der Waals surface area contributed by atoms with Crippen LogP contribution in [-0.4, -0.2) is 49.6 Å². The number of piperazine rings is 1. The van der Waals surface area contributed by atoms with Crippen molar-refractivity contribution in [3.8, 4) is 5.75 Å². The van der Waals surface area contributed by atoms with Gasteiger partial charge in [-0.25, -0.2) is 0 Å². The van der Waals surface area contributed by atoms with Gasteiger partial charge in [-0.15, -0.1) is 0 Å². The molecule has 2 aromatic carbocycles. The smallest absolute Gasteiger partial charge is 0.872 e. The zero-order valence-corrected chi connectivity index (χ0v) is 22.9. The van der Waals surface area contributed by atoms with Gasteiger partial charge in [0.1, 0.15) is 0 Å². The van der Waals surface area contributed by atoms with Gasteiger partial charge in [0.15, 0.2) is 0 Å². The van der Waals surface area contributed by atoms with Crippen LogP contribution in [0.2, 0.25) is 0 Å². The Morgan fingerprint density at radius 2 is 1.89 bits per heavy atom. The monoisotopic (exact) mass is 613 g/mol. The van der Waals surface area contributed by atoms with Crippen LogP contribution in [0.25, 0.3) is 0 Å². The first-order valence-corrected chi connectivity index (χ1v) is 11.5.